The van der Waals surface area contributed by atoms with Crippen molar-refractivity contribution >= 4 is 17.9 Å². The highest BCUT2D eigenvalue weighted by Crippen LogP contribution is 2.15. The Labute approximate surface area is 364 Å². The number of hydrogen-bond donors (Lipinski definition) is 0. The number of esters is 3. The Morgan fingerprint density at radius 1 is 0.356 bits per heavy atom. The van der Waals surface area contributed by atoms with Gasteiger partial charge in [0.1, 0.15) is 13.2 Å². The van der Waals surface area contributed by atoms with Gasteiger partial charge in [-0.15, -0.1) is 0 Å². The number of allylic oxidation sites excluding steroid dienone is 10. The Morgan fingerprint density at radius 2 is 0.678 bits per heavy atom. The van der Waals surface area contributed by atoms with E-state index in [9.17, 15) is 14.4 Å². The Kier molecular flexibility index (Phi) is 45.4. The van der Waals surface area contributed by atoms with Crippen LogP contribution in [0.5, 0.6) is 0 Å². The van der Waals surface area contributed by atoms with Crippen molar-refractivity contribution in [2.24, 2.45) is 0 Å². The molecule has 0 saturated carbocycles. The van der Waals surface area contributed by atoms with Crippen LogP contribution in [0.25, 0.3) is 0 Å². The highest BCUT2D eigenvalue weighted by atomic mass is 16.6. The summed E-state index contributed by atoms with van der Waals surface area (Å²) < 4.78 is 16.7. The van der Waals surface area contributed by atoms with Crippen LogP contribution < -0.4 is 0 Å². The number of carbonyl (C=O) groups is 3. The lowest BCUT2D eigenvalue weighted by molar-refractivity contribution is -0.167. The Hall–Kier alpha value is -2.89. The molecule has 0 aliphatic heterocycles. The average Bonchev–Trinajstić information content (AvgIpc) is 3.23. The van der Waals surface area contributed by atoms with Gasteiger partial charge in [0.25, 0.3) is 0 Å². The average molecular weight is 825 g/mol. The van der Waals surface area contributed by atoms with E-state index >= 15 is 0 Å². The number of hydrogen-bond acceptors (Lipinski definition) is 6. The molecule has 0 N–H and O–H groups in total. The van der Waals surface area contributed by atoms with E-state index in [1.807, 2.05) is 0 Å². The van der Waals surface area contributed by atoms with Gasteiger partial charge >= 0.3 is 17.9 Å². The molecule has 0 amide bonds. The summed E-state index contributed by atoms with van der Waals surface area (Å²) in [6, 6.07) is 0. The molecule has 340 valence electrons. The van der Waals surface area contributed by atoms with Gasteiger partial charge in [0.15, 0.2) is 6.10 Å². The van der Waals surface area contributed by atoms with E-state index in [1.165, 1.54) is 89.9 Å². The summed E-state index contributed by atoms with van der Waals surface area (Å²) in [5, 5.41) is 0. The van der Waals surface area contributed by atoms with Crippen molar-refractivity contribution in [2.45, 2.75) is 245 Å². The quantitative estimate of drug-likeness (QED) is 0.0263. The predicted molar refractivity (Wildman–Crippen MR) is 251 cm³/mol. The summed E-state index contributed by atoms with van der Waals surface area (Å²) in [6.45, 7) is 6.45. The van der Waals surface area contributed by atoms with Crippen molar-refractivity contribution in [3.63, 3.8) is 0 Å². The summed E-state index contributed by atoms with van der Waals surface area (Å²) in [5.74, 6) is -0.931. The fraction of sp³-hybridized carbons (Fsp3) is 0.755. The van der Waals surface area contributed by atoms with E-state index in [1.54, 1.807) is 0 Å². The fourth-order valence-corrected chi connectivity index (χ4v) is 6.77. The maximum absolute atomic E-state index is 12.8. The second-order valence-corrected chi connectivity index (χ2v) is 16.3. The molecule has 0 aliphatic rings. The first-order chi connectivity index (χ1) is 29.0. The first-order valence-electron chi connectivity index (χ1n) is 24.8. The minimum atomic E-state index is -0.788. The maximum atomic E-state index is 12.8. The van der Waals surface area contributed by atoms with Crippen molar-refractivity contribution in [1.29, 1.82) is 0 Å². The largest absolute Gasteiger partial charge is 0.462 e. The number of rotatable bonds is 44. The Bertz CT molecular complexity index is 1090. The third-order valence-electron chi connectivity index (χ3n) is 10.5. The lowest BCUT2D eigenvalue weighted by atomic mass is 10.0. The summed E-state index contributed by atoms with van der Waals surface area (Å²) in [4.78, 5) is 37.8. The van der Waals surface area contributed by atoms with Crippen LogP contribution >= 0.6 is 0 Å². The molecule has 0 aliphatic carbocycles. The van der Waals surface area contributed by atoms with Gasteiger partial charge in [0, 0.05) is 19.3 Å². The van der Waals surface area contributed by atoms with Crippen LogP contribution in [-0.4, -0.2) is 37.2 Å². The van der Waals surface area contributed by atoms with Crippen molar-refractivity contribution in [2.75, 3.05) is 13.2 Å². The Morgan fingerprint density at radius 3 is 1.12 bits per heavy atom. The highest BCUT2D eigenvalue weighted by Gasteiger charge is 2.19. The fourth-order valence-electron chi connectivity index (χ4n) is 6.77. The van der Waals surface area contributed by atoms with Crippen LogP contribution in [-0.2, 0) is 28.6 Å². The van der Waals surface area contributed by atoms with Gasteiger partial charge < -0.3 is 14.2 Å². The topological polar surface area (TPSA) is 78.9 Å². The standard InChI is InChI=1S/C53H92O6/c1-4-7-10-13-16-19-22-24-26-28-29-31-34-37-40-43-46-52(55)58-49-50(48-57-51(54)45-42-39-36-33-21-18-15-12-9-6-3)59-53(56)47-44-41-38-35-32-30-27-25-23-20-17-14-11-8-5-2/h7,10,15-16,18-19,24,26,29,31,50H,4-6,8-9,11-14,17,20-23,25,27-28,30,32-49H2,1-3H3/b10-7-,18-15-,19-16-,26-24-,31-29-. The van der Waals surface area contributed by atoms with Gasteiger partial charge in [-0.3, -0.25) is 14.4 Å². The highest BCUT2D eigenvalue weighted by molar-refractivity contribution is 5.71. The molecule has 0 rings (SSSR count). The third kappa shape index (κ3) is 46.0. The molecule has 0 heterocycles. The van der Waals surface area contributed by atoms with Crippen molar-refractivity contribution < 1.29 is 28.6 Å². The molecule has 6 nitrogen and oxygen atoms in total. The molecule has 1 unspecified atom stereocenters. The first-order valence-corrected chi connectivity index (χ1v) is 24.8. The van der Waals surface area contributed by atoms with E-state index < -0.39 is 6.10 Å². The molecule has 0 spiro atoms. The molecule has 0 bridgehead atoms. The van der Waals surface area contributed by atoms with Crippen LogP contribution in [0.4, 0.5) is 0 Å². The zero-order chi connectivity index (χ0) is 43.0. The third-order valence-corrected chi connectivity index (χ3v) is 10.5. The summed E-state index contributed by atoms with van der Waals surface area (Å²) in [6.07, 6.45) is 57.8. The molecule has 0 fully saturated rings. The molecular weight excluding hydrogens is 733 g/mol. The summed E-state index contributed by atoms with van der Waals surface area (Å²) in [7, 11) is 0. The van der Waals surface area contributed by atoms with Crippen molar-refractivity contribution in [3.05, 3.63) is 60.8 Å². The normalized spacial score (nSPS) is 12.5. The molecule has 59 heavy (non-hydrogen) atoms. The summed E-state index contributed by atoms with van der Waals surface area (Å²) in [5.41, 5.74) is 0. The van der Waals surface area contributed by atoms with Crippen LogP contribution in [0, 0.1) is 0 Å². The second-order valence-electron chi connectivity index (χ2n) is 16.3. The lowest BCUT2D eigenvalue weighted by Crippen LogP contribution is -2.30. The summed E-state index contributed by atoms with van der Waals surface area (Å²) >= 11 is 0. The van der Waals surface area contributed by atoms with E-state index in [2.05, 4.69) is 81.5 Å². The van der Waals surface area contributed by atoms with Crippen LogP contribution in [0.1, 0.15) is 239 Å². The van der Waals surface area contributed by atoms with E-state index in [0.29, 0.717) is 19.3 Å². The molecule has 0 aromatic heterocycles. The molecule has 0 aromatic carbocycles. The van der Waals surface area contributed by atoms with Crippen LogP contribution in [0.3, 0.4) is 0 Å². The van der Waals surface area contributed by atoms with Gasteiger partial charge in [-0.2, -0.15) is 0 Å². The monoisotopic (exact) mass is 825 g/mol. The lowest BCUT2D eigenvalue weighted by Gasteiger charge is -2.18. The zero-order valence-electron chi connectivity index (χ0n) is 38.8. The van der Waals surface area contributed by atoms with E-state index in [4.69, 9.17) is 14.2 Å². The predicted octanol–water partition coefficient (Wildman–Crippen LogP) is 16.1. The van der Waals surface area contributed by atoms with Gasteiger partial charge in [-0.1, -0.05) is 204 Å². The number of unbranched alkanes of at least 4 members (excludes halogenated alkanes) is 23. The second kappa shape index (κ2) is 47.8. The van der Waals surface area contributed by atoms with Gasteiger partial charge in [-0.25, -0.2) is 0 Å². The van der Waals surface area contributed by atoms with Crippen molar-refractivity contribution in [3.8, 4) is 0 Å². The van der Waals surface area contributed by atoms with Crippen molar-refractivity contribution in [1.82, 2.24) is 0 Å². The van der Waals surface area contributed by atoms with Crippen LogP contribution in [0.15, 0.2) is 60.8 Å². The van der Waals surface area contributed by atoms with Crippen LogP contribution in [0.2, 0.25) is 0 Å². The molecule has 0 radical (unpaired) electrons. The zero-order valence-corrected chi connectivity index (χ0v) is 38.8. The molecular formula is C53H92O6. The maximum Gasteiger partial charge on any atom is 0.306 e. The first kappa shape index (κ1) is 56.1. The molecule has 0 aromatic rings. The van der Waals surface area contributed by atoms with E-state index in [-0.39, 0.29) is 31.1 Å². The van der Waals surface area contributed by atoms with Gasteiger partial charge in [-0.05, 0) is 77.0 Å². The number of carbonyl (C=O) groups excluding carboxylic acids is 3. The minimum absolute atomic E-state index is 0.0892. The van der Waals surface area contributed by atoms with Gasteiger partial charge in [0.05, 0.1) is 0 Å². The van der Waals surface area contributed by atoms with Gasteiger partial charge in [0.2, 0.25) is 0 Å². The Balaban J connectivity index is 4.41. The number of ether oxygens (including phenoxy) is 3. The minimum Gasteiger partial charge on any atom is -0.462 e. The molecule has 6 heteroatoms. The SMILES string of the molecule is CC/C=C\C/C=C\C/C=C\C/C=C\CCCCCC(=O)OCC(COC(=O)CCCCCC/C=C\CCCC)OC(=O)CCCCCCCCCCCCCCCCC. The molecule has 1 atom stereocenters. The van der Waals surface area contributed by atoms with E-state index in [0.717, 1.165) is 109 Å². The molecule has 0 saturated heterocycles. The smallest absolute Gasteiger partial charge is 0.306 e.